The van der Waals surface area contributed by atoms with Crippen LogP contribution in [-0.4, -0.2) is 24.5 Å². The molecule has 3 rings (SSSR count). The van der Waals surface area contributed by atoms with Gasteiger partial charge in [0.1, 0.15) is 0 Å². The lowest BCUT2D eigenvalue weighted by Gasteiger charge is -2.38. The van der Waals surface area contributed by atoms with Crippen molar-refractivity contribution in [3.05, 3.63) is 35.9 Å². The van der Waals surface area contributed by atoms with Crippen LogP contribution in [0.25, 0.3) is 0 Å². The van der Waals surface area contributed by atoms with Crippen molar-refractivity contribution in [3.8, 4) is 0 Å². The van der Waals surface area contributed by atoms with Crippen LogP contribution >= 0.6 is 0 Å². The van der Waals surface area contributed by atoms with Crippen LogP contribution < -0.4 is 0 Å². The highest BCUT2D eigenvalue weighted by molar-refractivity contribution is 5.28. The summed E-state index contributed by atoms with van der Waals surface area (Å²) in [5.74, 6) is 0. The third kappa shape index (κ3) is 1.41. The van der Waals surface area contributed by atoms with E-state index in [1.165, 1.54) is 32.2 Å². The summed E-state index contributed by atoms with van der Waals surface area (Å²) in [5, 5.41) is 0. The maximum Gasteiger partial charge on any atom is 0.0101 e. The van der Waals surface area contributed by atoms with Gasteiger partial charge in [-0.3, -0.25) is 0 Å². The van der Waals surface area contributed by atoms with Crippen LogP contribution in [0.3, 0.4) is 0 Å². The van der Waals surface area contributed by atoms with Gasteiger partial charge in [-0.2, -0.15) is 0 Å². The molecule has 1 aliphatic carbocycles. The molecule has 2 atom stereocenters. The molecule has 0 amide bonds. The molecule has 80 valence electrons. The van der Waals surface area contributed by atoms with E-state index in [4.69, 9.17) is 0 Å². The molecule has 1 aliphatic heterocycles. The number of hydrogen-bond donors (Lipinski definition) is 0. The molecule has 0 aromatic heterocycles. The fraction of sp³-hybridized carbons (Fsp3) is 0.571. The van der Waals surface area contributed by atoms with Crippen molar-refractivity contribution in [2.24, 2.45) is 0 Å². The minimum Gasteiger partial charge on any atom is -0.303 e. The molecule has 0 radical (unpaired) electrons. The fourth-order valence-corrected chi connectivity index (χ4v) is 3.47. The van der Waals surface area contributed by atoms with Gasteiger partial charge in [0.25, 0.3) is 0 Å². The van der Waals surface area contributed by atoms with Crippen LogP contribution in [0.5, 0.6) is 0 Å². The maximum absolute atomic E-state index is 2.55. The van der Waals surface area contributed by atoms with E-state index in [9.17, 15) is 0 Å². The lowest BCUT2D eigenvalue weighted by Crippen LogP contribution is -2.40. The second-order valence-corrected chi connectivity index (χ2v) is 5.27. The Labute approximate surface area is 92.1 Å². The van der Waals surface area contributed by atoms with Crippen LogP contribution in [0.2, 0.25) is 0 Å². The molecule has 1 aromatic carbocycles. The van der Waals surface area contributed by atoms with E-state index in [2.05, 4.69) is 42.3 Å². The van der Waals surface area contributed by atoms with Crippen LogP contribution in [0.1, 0.15) is 31.2 Å². The van der Waals surface area contributed by atoms with Crippen LogP contribution in [-0.2, 0) is 5.41 Å². The fourth-order valence-electron chi connectivity index (χ4n) is 3.47. The Hall–Kier alpha value is -0.820. The van der Waals surface area contributed by atoms with Crippen molar-refractivity contribution in [2.75, 3.05) is 13.6 Å². The third-order valence-corrected chi connectivity index (χ3v) is 4.54. The van der Waals surface area contributed by atoms with E-state index in [-0.39, 0.29) is 0 Å². The van der Waals surface area contributed by atoms with Crippen molar-refractivity contribution in [1.82, 2.24) is 4.90 Å². The van der Waals surface area contributed by atoms with Crippen LogP contribution in [0, 0.1) is 0 Å². The van der Waals surface area contributed by atoms with Gasteiger partial charge >= 0.3 is 0 Å². The van der Waals surface area contributed by atoms with Crippen molar-refractivity contribution >= 4 is 0 Å². The van der Waals surface area contributed by atoms with Crippen LogP contribution in [0.15, 0.2) is 30.3 Å². The average Bonchev–Trinajstić information content (AvgIpc) is 2.67. The minimum atomic E-state index is 0.526. The summed E-state index contributed by atoms with van der Waals surface area (Å²) in [6, 6.07) is 12.0. The first-order chi connectivity index (χ1) is 7.30. The average molecular weight is 201 g/mol. The lowest BCUT2D eigenvalue weighted by atomic mass is 9.74. The molecule has 1 saturated heterocycles. The third-order valence-electron chi connectivity index (χ3n) is 4.54. The van der Waals surface area contributed by atoms with Gasteiger partial charge < -0.3 is 4.90 Å². The molecule has 2 fully saturated rings. The Bertz CT molecular complexity index is 346. The number of nitrogens with zero attached hydrogens (tertiary/aromatic N) is 1. The van der Waals surface area contributed by atoms with E-state index in [1.807, 2.05) is 0 Å². The van der Waals surface area contributed by atoms with Crippen LogP contribution in [0.4, 0.5) is 0 Å². The van der Waals surface area contributed by atoms with Gasteiger partial charge in [0.2, 0.25) is 0 Å². The zero-order valence-corrected chi connectivity index (χ0v) is 9.45. The maximum atomic E-state index is 2.55. The molecular weight excluding hydrogens is 182 g/mol. The molecule has 15 heavy (non-hydrogen) atoms. The number of likely N-dealkylation sites (tertiary alicyclic amines) is 1. The number of rotatable bonds is 1. The second kappa shape index (κ2) is 3.34. The van der Waals surface area contributed by atoms with Gasteiger partial charge in [0.15, 0.2) is 0 Å². The van der Waals surface area contributed by atoms with Crippen molar-refractivity contribution in [2.45, 2.75) is 37.1 Å². The van der Waals surface area contributed by atoms with Crippen molar-refractivity contribution < 1.29 is 0 Å². The molecule has 1 nitrogen and oxygen atoms in total. The van der Waals surface area contributed by atoms with Gasteiger partial charge in [-0.15, -0.1) is 0 Å². The topological polar surface area (TPSA) is 3.24 Å². The highest BCUT2D eigenvalue weighted by Crippen LogP contribution is 2.48. The predicted molar refractivity (Wildman–Crippen MR) is 63.0 cm³/mol. The Morgan fingerprint density at radius 3 is 2.80 bits per heavy atom. The lowest BCUT2D eigenvalue weighted by molar-refractivity contribution is 0.174. The summed E-state index contributed by atoms with van der Waals surface area (Å²) >= 11 is 0. The molecule has 2 unspecified atom stereocenters. The molecule has 0 spiro atoms. The van der Waals surface area contributed by atoms with Crippen molar-refractivity contribution in [3.63, 3.8) is 0 Å². The predicted octanol–water partition coefficient (Wildman–Crippen LogP) is 2.81. The second-order valence-electron chi connectivity index (χ2n) is 5.27. The molecule has 1 saturated carbocycles. The largest absolute Gasteiger partial charge is 0.303 e. The summed E-state index contributed by atoms with van der Waals surface area (Å²) in [7, 11) is 2.28. The first kappa shape index (κ1) is 9.41. The summed E-state index contributed by atoms with van der Waals surface area (Å²) in [4.78, 5) is 2.55. The molecule has 2 aliphatic rings. The molecule has 1 heterocycles. The molecule has 2 bridgehead atoms. The Morgan fingerprint density at radius 1 is 1.20 bits per heavy atom. The number of piperidine rings is 1. The quantitative estimate of drug-likeness (QED) is 0.675. The number of hydrogen-bond acceptors (Lipinski definition) is 1. The van der Waals surface area contributed by atoms with Gasteiger partial charge in [0, 0.05) is 6.04 Å². The summed E-state index contributed by atoms with van der Waals surface area (Å²) in [6.45, 7) is 1.28. The van der Waals surface area contributed by atoms with E-state index < -0.39 is 0 Å². The van der Waals surface area contributed by atoms with E-state index in [0.717, 1.165) is 6.04 Å². The Balaban J connectivity index is 1.93. The minimum absolute atomic E-state index is 0.526. The molecule has 1 heteroatoms. The zero-order valence-electron chi connectivity index (χ0n) is 9.45. The highest BCUT2D eigenvalue weighted by Gasteiger charge is 2.44. The normalized spacial score (nSPS) is 35.7. The number of fused-ring (bicyclic) bond motifs is 2. The first-order valence-electron chi connectivity index (χ1n) is 6.06. The van der Waals surface area contributed by atoms with E-state index in [0.29, 0.717) is 5.41 Å². The van der Waals surface area contributed by atoms with Gasteiger partial charge in [0.05, 0.1) is 0 Å². The summed E-state index contributed by atoms with van der Waals surface area (Å²) in [6.07, 6.45) is 5.52. The van der Waals surface area contributed by atoms with Gasteiger partial charge in [-0.05, 0) is 50.3 Å². The smallest absolute Gasteiger partial charge is 0.0101 e. The molecular formula is C14H19N. The monoisotopic (exact) mass is 201 g/mol. The highest BCUT2D eigenvalue weighted by atomic mass is 15.1. The first-order valence-corrected chi connectivity index (χ1v) is 6.06. The van der Waals surface area contributed by atoms with Crippen molar-refractivity contribution in [1.29, 1.82) is 0 Å². The van der Waals surface area contributed by atoms with E-state index >= 15 is 0 Å². The molecule has 1 aromatic rings. The Kier molecular flexibility index (Phi) is 2.10. The molecule has 0 N–H and O–H groups in total. The SMILES string of the molecule is CN1CCC2(c3ccccc3)CCC1C2. The summed E-state index contributed by atoms with van der Waals surface area (Å²) < 4.78 is 0. The van der Waals surface area contributed by atoms with E-state index in [1.54, 1.807) is 5.56 Å². The summed E-state index contributed by atoms with van der Waals surface area (Å²) in [5.41, 5.74) is 2.11. The van der Waals surface area contributed by atoms with Gasteiger partial charge in [-0.25, -0.2) is 0 Å². The number of benzene rings is 1. The zero-order chi connectivity index (χ0) is 10.3. The van der Waals surface area contributed by atoms with Gasteiger partial charge in [-0.1, -0.05) is 30.3 Å². The standard InChI is InChI=1S/C14H19N/c1-15-10-9-14(8-7-13(15)11-14)12-5-3-2-4-6-12/h2-6,13H,7-11H2,1H3. The Morgan fingerprint density at radius 2 is 2.00 bits per heavy atom.